The minimum atomic E-state index is -0.492. The third-order valence-corrected chi connectivity index (χ3v) is 3.03. The summed E-state index contributed by atoms with van der Waals surface area (Å²) < 4.78 is 0.927. The molecular weight excluding hydrogens is 284 g/mol. The van der Waals surface area contributed by atoms with Crippen molar-refractivity contribution in [1.82, 2.24) is 20.6 Å². The van der Waals surface area contributed by atoms with Gasteiger partial charge in [0, 0.05) is 10.0 Å². The van der Waals surface area contributed by atoms with E-state index in [4.69, 9.17) is 0 Å². The van der Waals surface area contributed by atoms with Gasteiger partial charge in [0.2, 0.25) is 0 Å². The molecule has 0 amide bonds. The van der Waals surface area contributed by atoms with Crippen molar-refractivity contribution in [1.29, 1.82) is 0 Å². The number of nitrogens with one attached hydrogen (secondary N) is 1. The Labute approximate surface area is 107 Å². The normalized spacial score (nSPS) is 12.6. The summed E-state index contributed by atoms with van der Waals surface area (Å²) in [6.07, 6.45) is 1.15. The summed E-state index contributed by atoms with van der Waals surface area (Å²) in [7, 11) is 0. The van der Waals surface area contributed by atoms with E-state index in [1.807, 2.05) is 25.1 Å². The third-order valence-electron chi connectivity index (χ3n) is 2.54. The van der Waals surface area contributed by atoms with Gasteiger partial charge in [-0.3, -0.25) is 0 Å². The number of halogens is 1. The molecule has 2 aromatic rings. The summed E-state index contributed by atoms with van der Waals surface area (Å²) in [4.78, 5) is 0. The fraction of sp³-hybridized carbons (Fsp3) is 0.364. The lowest BCUT2D eigenvalue weighted by atomic mass is 9.99. The van der Waals surface area contributed by atoms with E-state index in [-0.39, 0.29) is 0 Å². The number of tetrazole rings is 1. The van der Waals surface area contributed by atoms with Crippen LogP contribution >= 0.6 is 15.9 Å². The fourth-order valence-corrected chi connectivity index (χ4v) is 2.09. The van der Waals surface area contributed by atoms with E-state index in [9.17, 15) is 5.11 Å². The maximum absolute atomic E-state index is 10.1. The molecule has 0 saturated carbocycles. The van der Waals surface area contributed by atoms with Gasteiger partial charge in [-0.05, 0) is 34.5 Å². The Hall–Kier alpha value is -1.27. The molecule has 1 aromatic heterocycles. The predicted molar refractivity (Wildman–Crippen MR) is 67.2 cm³/mol. The van der Waals surface area contributed by atoms with Crippen LogP contribution in [0.25, 0.3) is 11.4 Å². The monoisotopic (exact) mass is 296 g/mol. The molecule has 0 aliphatic rings. The zero-order valence-electron chi connectivity index (χ0n) is 9.39. The number of rotatable bonds is 4. The SMILES string of the molecule is CCCC(O)c1ccc(Br)cc1-c1nnn[nH]1. The van der Waals surface area contributed by atoms with Crippen molar-refractivity contribution in [3.05, 3.63) is 28.2 Å². The van der Waals surface area contributed by atoms with Crippen LogP contribution < -0.4 is 0 Å². The average molecular weight is 297 g/mol. The maximum Gasteiger partial charge on any atom is 0.179 e. The second kappa shape index (κ2) is 5.37. The average Bonchev–Trinajstić information content (AvgIpc) is 2.82. The molecule has 0 spiro atoms. The first kappa shape index (κ1) is 12.2. The number of benzene rings is 1. The highest BCUT2D eigenvalue weighted by molar-refractivity contribution is 9.10. The van der Waals surface area contributed by atoms with Crippen LogP contribution in [0, 0.1) is 0 Å². The third kappa shape index (κ3) is 2.70. The first-order valence-electron chi connectivity index (χ1n) is 5.44. The van der Waals surface area contributed by atoms with Crippen LogP contribution in [0.2, 0.25) is 0 Å². The van der Waals surface area contributed by atoms with Gasteiger partial charge in [-0.1, -0.05) is 35.3 Å². The summed E-state index contributed by atoms with van der Waals surface area (Å²) in [5, 5.41) is 23.8. The Morgan fingerprint density at radius 3 is 2.94 bits per heavy atom. The molecule has 2 rings (SSSR count). The second-order valence-corrected chi connectivity index (χ2v) is 4.70. The molecule has 0 saturated heterocycles. The molecule has 1 aromatic carbocycles. The molecule has 1 heterocycles. The van der Waals surface area contributed by atoms with Gasteiger partial charge in [0.1, 0.15) is 0 Å². The Morgan fingerprint density at radius 2 is 2.29 bits per heavy atom. The van der Waals surface area contributed by atoms with Crippen LogP contribution in [-0.2, 0) is 0 Å². The molecule has 0 aliphatic carbocycles. The molecular formula is C11H13BrN4O. The Morgan fingerprint density at radius 1 is 1.47 bits per heavy atom. The summed E-state index contributed by atoms with van der Waals surface area (Å²) in [6.45, 7) is 2.04. The number of nitrogens with zero attached hydrogens (tertiary/aromatic N) is 3. The van der Waals surface area contributed by atoms with Crippen LogP contribution in [0.15, 0.2) is 22.7 Å². The second-order valence-electron chi connectivity index (χ2n) is 3.79. The van der Waals surface area contributed by atoms with Gasteiger partial charge in [0.25, 0.3) is 0 Å². The molecule has 6 heteroatoms. The largest absolute Gasteiger partial charge is 0.388 e. The lowest BCUT2D eigenvalue weighted by molar-refractivity contribution is 0.167. The quantitative estimate of drug-likeness (QED) is 0.909. The Bertz CT molecular complexity index is 486. The minimum Gasteiger partial charge on any atom is -0.388 e. The zero-order chi connectivity index (χ0) is 12.3. The number of aliphatic hydroxyl groups is 1. The summed E-state index contributed by atoms with van der Waals surface area (Å²) in [5.41, 5.74) is 1.67. The van der Waals surface area contributed by atoms with Gasteiger partial charge < -0.3 is 5.11 Å². The molecule has 1 atom stereocenters. The lowest BCUT2D eigenvalue weighted by Gasteiger charge is -2.13. The summed E-state index contributed by atoms with van der Waals surface area (Å²) in [5.74, 6) is 0.566. The summed E-state index contributed by atoms with van der Waals surface area (Å²) in [6, 6.07) is 5.69. The number of aromatic nitrogens is 4. The molecule has 5 nitrogen and oxygen atoms in total. The van der Waals surface area contributed by atoms with Gasteiger partial charge in [-0.25, -0.2) is 5.10 Å². The predicted octanol–water partition coefficient (Wildman–Crippen LogP) is 2.46. The van der Waals surface area contributed by atoms with Crippen molar-refractivity contribution in [2.75, 3.05) is 0 Å². The number of aromatic amines is 1. The maximum atomic E-state index is 10.1. The number of H-pyrrole nitrogens is 1. The highest BCUT2D eigenvalue weighted by atomic mass is 79.9. The molecule has 0 aliphatic heterocycles. The smallest absolute Gasteiger partial charge is 0.179 e. The fourth-order valence-electron chi connectivity index (χ4n) is 1.73. The van der Waals surface area contributed by atoms with E-state index in [1.54, 1.807) is 0 Å². The summed E-state index contributed by atoms with van der Waals surface area (Å²) >= 11 is 3.41. The number of hydrogen-bond donors (Lipinski definition) is 2. The van der Waals surface area contributed by atoms with Crippen LogP contribution in [0.4, 0.5) is 0 Å². The molecule has 0 radical (unpaired) electrons. The van der Waals surface area contributed by atoms with Gasteiger partial charge in [0.05, 0.1) is 6.10 Å². The van der Waals surface area contributed by atoms with E-state index in [2.05, 4.69) is 36.6 Å². The molecule has 2 N–H and O–H groups in total. The van der Waals surface area contributed by atoms with Crippen LogP contribution in [0.5, 0.6) is 0 Å². The first-order valence-corrected chi connectivity index (χ1v) is 6.23. The van der Waals surface area contributed by atoms with Crippen LogP contribution in [0.3, 0.4) is 0 Å². The van der Waals surface area contributed by atoms with Crippen LogP contribution in [-0.4, -0.2) is 25.7 Å². The molecule has 0 bridgehead atoms. The Balaban J connectivity index is 2.45. The van der Waals surface area contributed by atoms with E-state index < -0.39 is 6.10 Å². The highest BCUT2D eigenvalue weighted by Gasteiger charge is 2.15. The lowest BCUT2D eigenvalue weighted by Crippen LogP contribution is -2.00. The van der Waals surface area contributed by atoms with Crippen molar-refractivity contribution in [2.45, 2.75) is 25.9 Å². The molecule has 0 fully saturated rings. The van der Waals surface area contributed by atoms with Crippen LogP contribution in [0.1, 0.15) is 31.4 Å². The van der Waals surface area contributed by atoms with Crippen molar-refractivity contribution in [2.24, 2.45) is 0 Å². The minimum absolute atomic E-state index is 0.492. The van der Waals surface area contributed by atoms with E-state index in [0.717, 1.165) is 28.4 Å². The number of hydrogen-bond acceptors (Lipinski definition) is 4. The first-order chi connectivity index (χ1) is 8.22. The number of aliphatic hydroxyl groups excluding tert-OH is 1. The molecule has 1 unspecified atom stereocenters. The topological polar surface area (TPSA) is 74.7 Å². The van der Waals surface area contributed by atoms with Gasteiger partial charge in [-0.2, -0.15) is 0 Å². The van der Waals surface area contributed by atoms with Crippen molar-refractivity contribution in [3.8, 4) is 11.4 Å². The van der Waals surface area contributed by atoms with E-state index >= 15 is 0 Å². The van der Waals surface area contributed by atoms with Gasteiger partial charge in [-0.15, -0.1) is 5.10 Å². The zero-order valence-corrected chi connectivity index (χ0v) is 11.0. The standard InChI is InChI=1S/C11H13BrN4O/c1-2-3-10(17)8-5-4-7(12)6-9(8)11-13-15-16-14-11/h4-6,10,17H,2-3H2,1H3,(H,13,14,15,16). The Kier molecular flexibility index (Phi) is 3.86. The highest BCUT2D eigenvalue weighted by Crippen LogP contribution is 2.30. The van der Waals surface area contributed by atoms with Gasteiger partial charge in [0.15, 0.2) is 5.82 Å². The van der Waals surface area contributed by atoms with Crippen molar-refractivity contribution in [3.63, 3.8) is 0 Å². The van der Waals surface area contributed by atoms with E-state index in [1.165, 1.54) is 0 Å². The van der Waals surface area contributed by atoms with Crippen molar-refractivity contribution >= 4 is 15.9 Å². The van der Waals surface area contributed by atoms with Gasteiger partial charge >= 0.3 is 0 Å². The van der Waals surface area contributed by atoms with Crippen molar-refractivity contribution < 1.29 is 5.11 Å². The molecule has 17 heavy (non-hydrogen) atoms. The van der Waals surface area contributed by atoms with E-state index in [0.29, 0.717) is 5.82 Å². The molecule has 90 valence electrons.